The second-order valence-corrected chi connectivity index (χ2v) is 6.44. The van der Waals surface area contributed by atoms with E-state index < -0.39 is 0 Å². The highest BCUT2D eigenvalue weighted by molar-refractivity contribution is 14.0. The summed E-state index contributed by atoms with van der Waals surface area (Å²) in [5, 5.41) is 6.43. The number of fused-ring (bicyclic) bond motifs is 1. The average Bonchev–Trinajstić information content (AvgIpc) is 2.57. The molecule has 2 N–H and O–H groups in total. The Balaban J connectivity index is 0.00000288. The van der Waals surface area contributed by atoms with E-state index in [1.807, 2.05) is 11.0 Å². The third kappa shape index (κ3) is 5.65. The molecule has 6 heteroatoms. The molecule has 1 heterocycles. The molecule has 1 aromatic carbocycles. The maximum absolute atomic E-state index is 12.4. The Morgan fingerprint density at radius 2 is 1.92 bits per heavy atom. The normalized spacial score (nSPS) is 15.4. The van der Waals surface area contributed by atoms with Crippen LogP contribution in [0.15, 0.2) is 29.3 Å². The number of amides is 1. The first-order valence-corrected chi connectivity index (χ1v) is 8.33. The predicted octanol–water partition coefficient (Wildman–Crippen LogP) is 2.40. The van der Waals surface area contributed by atoms with Gasteiger partial charge in [0.05, 0.1) is 6.54 Å². The highest BCUT2D eigenvalue weighted by atomic mass is 127. The van der Waals surface area contributed by atoms with Crippen molar-refractivity contribution in [1.29, 1.82) is 0 Å². The highest BCUT2D eigenvalue weighted by Crippen LogP contribution is 2.18. The molecule has 0 bridgehead atoms. The van der Waals surface area contributed by atoms with Crippen LogP contribution in [0.4, 0.5) is 0 Å². The topological polar surface area (TPSA) is 56.7 Å². The molecule has 0 spiro atoms. The molecule has 0 saturated heterocycles. The minimum absolute atomic E-state index is 0. The van der Waals surface area contributed by atoms with Gasteiger partial charge in [-0.25, -0.2) is 0 Å². The van der Waals surface area contributed by atoms with Gasteiger partial charge in [0.25, 0.3) is 0 Å². The summed E-state index contributed by atoms with van der Waals surface area (Å²) in [7, 11) is 1.73. The summed E-state index contributed by atoms with van der Waals surface area (Å²) in [4.78, 5) is 18.5. The molecule has 0 aliphatic carbocycles. The fourth-order valence-corrected chi connectivity index (χ4v) is 2.56. The molecule has 1 aromatic rings. The van der Waals surface area contributed by atoms with Crippen molar-refractivity contribution in [2.24, 2.45) is 10.9 Å². The van der Waals surface area contributed by atoms with Gasteiger partial charge in [-0.2, -0.15) is 0 Å². The van der Waals surface area contributed by atoms with E-state index in [0.717, 1.165) is 13.0 Å². The minimum atomic E-state index is 0. The van der Waals surface area contributed by atoms with E-state index in [0.29, 0.717) is 24.5 Å². The van der Waals surface area contributed by atoms with Crippen LogP contribution < -0.4 is 10.6 Å². The maximum atomic E-state index is 12.4. The summed E-state index contributed by atoms with van der Waals surface area (Å²) in [6.45, 7) is 8.17. The van der Waals surface area contributed by atoms with Crippen molar-refractivity contribution >= 4 is 35.8 Å². The number of aliphatic imine (C=N–C) groups is 1. The number of guanidine groups is 1. The van der Waals surface area contributed by atoms with Gasteiger partial charge in [0.15, 0.2) is 5.96 Å². The van der Waals surface area contributed by atoms with E-state index in [-0.39, 0.29) is 36.4 Å². The first-order valence-electron chi connectivity index (χ1n) is 8.33. The molecule has 1 aliphatic rings. The van der Waals surface area contributed by atoms with Crippen molar-refractivity contribution < 1.29 is 4.79 Å². The molecule has 134 valence electrons. The molecule has 1 unspecified atom stereocenters. The van der Waals surface area contributed by atoms with Crippen LogP contribution in [0, 0.1) is 5.92 Å². The van der Waals surface area contributed by atoms with Gasteiger partial charge in [-0.1, -0.05) is 38.1 Å². The van der Waals surface area contributed by atoms with Crippen molar-refractivity contribution in [3.63, 3.8) is 0 Å². The number of carbonyl (C=O) groups is 1. The highest BCUT2D eigenvalue weighted by Gasteiger charge is 2.20. The fourth-order valence-electron chi connectivity index (χ4n) is 2.56. The van der Waals surface area contributed by atoms with E-state index in [9.17, 15) is 4.79 Å². The van der Waals surface area contributed by atoms with Gasteiger partial charge in [-0.15, -0.1) is 24.0 Å². The SMILES string of the molecule is CN=C(NCC(=O)N1CCc2ccccc2C1)NC(C)C(C)C.I. The lowest BCUT2D eigenvalue weighted by Crippen LogP contribution is -2.48. The molecule has 2 rings (SSSR count). The summed E-state index contributed by atoms with van der Waals surface area (Å²) in [5.41, 5.74) is 2.61. The van der Waals surface area contributed by atoms with Gasteiger partial charge in [0.2, 0.25) is 5.91 Å². The maximum Gasteiger partial charge on any atom is 0.242 e. The van der Waals surface area contributed by atoms with Gasteiger partial charge in [0, 0.05) is 26.2 Å². The third-order valence-corrected chi connectivity index (χ3v) is 4.48. The van der Waals surface area contributed by atoms with Crippen molar-refractivity contribution in [3.8, 4) is 0 Å². The molecule has 0 fully saturated rings. The molecule has 5 nitrogen and oxygen atoms in total. The number of nitrogens with zero attached hydrogens (tertiary/aromatic N) is 2. The molecule has 0 aromatic heterocycles. The van der Waals surface area contributed by atoms with Gasteiger partial charge in [-0.3, -0.25) is 9.79 Å². The van der Waals surface area contributed by atoms with Crippen LogP contribution in [-0.4, -0.2) is 42.9 Å². The molecule has 1 atom stereocenters. The van der Waals surface area contributed by atoms with Crippen molar-refractivity contribution in [3.05, 3.63) is 35.4 Å². The summed E-state index contributed by atoms with van der Waals surface area (Å²) < 4.78 is 0. The molecule has 1 aliphatic heterocycles. The number of benzene rings is 1. The molecule has 0 saturated carbocycles. The number of hydrogen-bond donors (Lipinski definition) is 2. The first-order chi connectivity index (χ1) is 11.0. The number of carbonyl (C=O) groups excluding carboxylic acids is 1. The van der Waals surface area contributed by atoms with E-state index >= 15 is 0 Å². The molecule has 24 heavy (non-hydrogen) atoms. The predicted molar refractivity (Wildman–Crippen MR) is 110 cm³/mol. The summed E-state index contributed by atoms with van der Waals surface area (Å²) in [6.07, 6.45) is 0.930. The Kier molecular flexibility index (Phi) is 8.52. The molecule has 1 amide bonds. The fraction of sp³-hybridized carbons (Fsp3) is 0.556. The van der Waals surface area contributed by atoms with Gasteiger partial charge >= 0.3 is 0 Å². The first kappa shape index (κ1) is 20.7. The Morgan fingerprint density at radius 3 is 2.54 bits per heavy atom. The largest absolute Gasteiger partial charge is 0.354 e. The smallest absolute Gasteiger partial charge is 0.242 e. The van der Waals surface area contributed by atoms with Crippen LogP contribution in [0.25, 0.3) is 0 Å². The number of nitrogens with one attached hydrogen (secondary N) is 2. The van der Waals surface area contributed by atoms with Gasteiger partial charge in [0.1, 0.15) is 0 Å². The summed E-state index contributed by atoms with van der Waals surface area (Å²) in [6, 6.07) is 8.65. The van der Waals surface area contributed by atoms with Crippen LogP contribution in [0.5, 0.6) is 0 Å². The van der Waals surface area contributed by atoms with E-state index in [1.54, 1.807) is 7.05 Å². The van der Waals surface area contributed by atoms with E-state index in [4.69, 9.17) is 0 Å². The van der Waals surface area contributed by atoms with E-state index in [1.165, 1.54) is 11.1 Å². The zero-order chi connectivity index (χ0) is 16.8. The zero-order valence-electron chi connectivity index (χ0n) is 15.0. The molecular formula is C18H29IN4O. The number of halogens is 1. The average molecular weight is 444 g/mol. The lowest BCUT2D eigenvalue weighted by atomic mass is 10.00. The second kappa shape index (κ2) is 9.86. The molecular weight excluding hydrogens is 415 g/mol. The molecule has 0 radical (unpaired) electrons. The summed E-state index contributed by atoms with van der Waals surface area (Å²) in [5.74, 6) is 1.29. The van der Waals surface area contributed by atoms with Crippen LogP contribution in [0.2, 0.25) is 0 Å². The standard InChI is InChI=1S/C18H28N4O.HI/c1-13(2)14(3)21-18(19-4)20-11-17(23)22-10-9-15-7-5-6-8-16(15)12-22;/h5-8,13-14H,9-12H2,1-4H3,(H2,19,20,21);1H. The number of rotatable bonds is 4. The Labute approximate surface area is 162 Å². The second-order valence-electron chi connectivity index (χ2n) is 6.44. The summed E-state index contributed by atoms with van der Waals surface area (Å²) >= 11 is 0. The van der Waals surface area contributed by atoms with Crippen LogP contribution in [-0.2, 0) is 17.8 Å². The Bertz CT molecular complexity index is 574. The lowest BCUT2D eigenvalue weighted by molar-refractivity contribution is -0.130. The van der Waals surface area contributed by atoms with E-state index in [2.05, 4.69) is 54.6 Å². The zero-order valence-corrected chi connectivity index (χ0v) is 17.3. The van der Waals surface area contributed by atoms with Crippen LogP contribution >= 0.6 is 24.0 Å². The Morgan fingerprint density at radius 1 is 1.25 bits per heavy atom. The minimum Gasteiger partial charge on any atom is -0.354 e. The van der Waals surface area contributed by atoms with Crippen molar-refractivity contribution in [1.82, 2.24) is 15.5 Å². The van der Waals surface area contributed by atoms with Crippen LogP contribution in [0.1, 0.15) is 31.9 Å². The Hall–Kier alpha value is -1.31. The monoisotopic (exact) mass is 444 g/mol. The number of hydrogen-bond acceptors (Lipinski definition) is 2. The van der Waals surface area contributed by atoms with Crippen molar-refractivity contribution in [2.45, 2.75) is 39.8 Å². The van der Waals surface area contributed by atoms with Crippen LogP contribution in [0.3, 0.4) is 0 Å². The lowest BCUT2D eigenvalue weighted by Gasteiger charge is -2.29. The quantitative estimate of drug-likeness (QED) is 0.426. The van der Waals surface area contributed by atoms with Crippen molar-refractivity contribution in [2.75, 3.05) is 20.1 Å². The van der Waals surface area contributed by atoms with Gasteiger partial charge < -0.3 is 15.5 Å². The van der Waals surface area contributed by atoms with Gasteiger partial charge in [-0.05, 0) is 30.4 Å². The third-order valence-electron chi connectivity index (χ3n) is 4.48.